The van der Waals surface area contributed by atoms with Gasteiger partial charge in [0.2, 0.25) is 5.82 Å². The van der Waals surface area contributed by atoms with Crippen molar-refractivity contribution in [1.82, 2.24) is 9.78 Å². The fraction of sp³-hybridized carbons (Fsp3) is 0.700. The molecule has 0 aliphatic heterocycles. The van der Waals surface area contributed by atoms with Gasteiger partial charge in [-0.25, -0.2) is 4.68 Å². The van der Waals surface area contributed by atoms with Crippen LogP contribution in [-0.4, -0.2) is 26.4 Å². The first-order valence-electron chi connectivity index (χ1n) is 5.36. The molecule has 17 heavy (non-hydrogen) atoms. The Bertz CT molecular complexity index is 420. The molecule has 0 unspecified atom stereocenters. The number of nitrogen functional groups attached to an aromatic ring is 1. The molecule has 0 spiro atoms. The molecular weight excluding hydrogens is 224 g/mol. The van der Waals surface area contributed by atoms with Crippen LogP contribution in [0.4, 0.5) is 11.5 Å². The summed E-state index contributed by atoms with van der Waals surface area (Å²) < 4.78 is 1.28. The van der Waals surface area contributed by atoms with Crippen LogP contribution in [0, 0.1) is 15.5 Å². The average Bonchev–Trinajstić information content (AvgIpc) is 2.40. The minimum absolute atomic E-state index is 0.00306. The number of aromatic nitrogens is 2. The van der Waals surface area contributed by atoms with Crippen molar-refractivity contribution in [3.8, 4) is 0 Å². The van der Waals surface area contributed by atoms with Crippen molar-refractivity contribution >= 4 is 11.5 Å². The SMILES string of the molecule is CC(C)(C)Cc1nn(CCO)c(N)c1[N+](=O)[O-]. The predicted molar refractivity (Wildman–Crippen MR) is 63.5 cm³/mol. The summed E-state index contributed by atoms with van der Waals surface area (Å²) >= 11 is 0. The first kappa shape index (κ1) is 13.4. The van der Waals surface area contributed by atoms with Gasteiger partial charge in [-0.15, -0.1) is 0 Å². The van der Waals surface area contributed by atoms with Crippen molar-refractivity contribution in [2.24, 2.45) is 5.41 Å². The maximum atomic E-state index is 11.0. The Morgan fingerprint density at radius 3 is 2.53 bits per heavy atom. The lowest BCUT2D eigenvalue weighted by Gasteiger charge is -2.15. The van der Waals surface area contributed by atoms with E-state index in [2.05, 4.69) is 5.10 Å². The minimum atomic E-state index is -0.517. The van der Waals surface area contributed by atoms with E-state index >= 15 is 0 Å². The highest BCUT2D eigenvalue weighted by atomic mass is 16.6. The van der Waals surface area contributed by atoms with E-state index in [4.69, 9.17) is 10.8 Å². The van der Waals surface area contributed by atoms with Crippen LogP contribution in [0.1, 0.15) is 26.5 Å². The second-order valence-corrected chi connectivity index (χ2v) is 5.12. The molecule has 1 heterocycles. The molecule has 0 atom stereocenters. The van der Waals surface area contributed by atoms with Crippen molar-refractivity contribution in [2.75, 3.05) is 12.3 Å². The monoisotopic (exact) mass is 242 g/mol. The van der Waals surface area contributed by atoms with Crippen LogP contribution in [0.3, 0.4) is 0 Å². The summed E-state index contributed by atoms with van der Waals surface area (Å²) in [7, 11) is 0. The Kier molecular flexibility index (Phi) is 3.72. The predicted octanol–water partition coefficient (Wildman–Crippen LogP) is 0.954. The molecule has 7 nitrogen and oxygen atoms in total. The normalized spacial score (nSPS) is 11.8. The maximum absolute atomic E-state index is 11.0. The van der Waals surface area contributed by atoms with Gasteiger partial charge in [-0.3, -0.25) is 10.1 Å². The van der Waals surface area contributed by atoms with Gasteiger partial charge < -0.3 is 10.8 Å². The number of anilines is 1. The summed E-state index contributed by atoms with van der Waals surface area (Å²) in [4.78, 5) is 10.4. The number of rotatable bonds is 4. The molecular formula is C10H18N4O3. The number of nitrogens with zero attached hydrogens (tertiary/aromatic N) is 3. The molecule has 0 saturated carbocycles. The van der Waals surface area contributed by atoms with Crippen molar-refractivity contribution in [1.29, 1.82) is 0 Å². The third-order valence-corrected chi connectivity index (χ3v) is 2.23. The lowest BCUT2D eigenvalue weighted by molar-refractivity contribution is -0.384. The highest BCUT2D eigenvalue weighted by molar-refractivity contribution is 5.56. The third-order valence-electron chi connectivity index (χ3n) is 2.23. The van der Waals surface area contributed by atoms with Gasteiger partial charge >= 0.3 is 5.69 Å². The van der Waals surface area contributed by atoms with Crippen LogP contribution >= 0.6 is 0 Å². The van der Waals surface area contributed by atoms with Crippen LogP contribution in [-0.2, 0) is 13.0 Å². The van der Waals surface area contributed by atoms with Gasteiger partial charge in [0.05, 0.1) is 18.1 Å². The van der Waals surface area contributed by atoms with Crippen LogP contribution in [0.25, 0.3) is 0 Å². The van der Waals surface area contributed by atoms with E-state index in [0.717, 1.165) is 0 Å². The summed E-state index contributed by atoms with van der Waals surface area (Å²) in [6.07, 6.45) is 0.464. The van der Waals surface area contributed by atoms with Gasteiger partial charge in [0.15, 0.2) is 0 Å². The molecule has 0 aliphatic carbocycles. The van der Waals surface area contributed by atoms with Crippen molar-refractivity contribution in [3.63, 3.8) is 0 Å². The number of nitro groups is 1. The zero-order chi connectivity index (χ0) is 13.2. The molecule has 0 aromatic carbocycles. The first-order valence-corrected chi connectivity index (χ1v) is 5.36. The molecule has 1 aromatic rings. The summed E-state index contributed by atoms with van der Waals surface area (Å²) in [5, 5.41) is 23.9. The lowest BCUT2D eigenvalue weighted by atomic mass is 9.90. The molecule has 0 saturated heterocycles. The molecule has 0 radical (unpaired) electrons. The zero-order valence-corrected chi connectivity index (χ0v) is 10.3. The molecule has 0 bridgehead atoms. The first-order chi connectivity index (χ1) is 7.76. The molecule has 3 N–H and O–H groups in total. The summed E-state index contributed by atoms with van der Waals surface area (Å²) in [5.74, 6) is 0.00306. The fourth-order valence-electron chi connectivity index (χ4n) is 1.60. The van der Waals surface area contributed by atoms with E-state index in [0.29, 0.717) is 12.1 Å². The molecule has 1 rings (SSSR count). The van der Waals surface area contributed by atoms with Gasteiger partial charge in [0.25, 0.3) is 0 Å². The second kappa shape index (κ2) is 4.70. The number of hydrogen-bond acceptors (Lipinski definition) is 5. The van der Waals surface area contributed by atoms with Crippen molar-refractivity contribution < 1.29 is 10.0 Å². The van der Waals surface area contributed by atoms with Gasteiger partial charge in [-0.1, -0.05) is 20.8 Å². The van der Waals surface area contributed by atoms with E-state index < -0.39 is 4.92 Å². The Morgan fingerprint density at radius 1 is 1.53 bits per heavy atom. The van der Waals surface area contributed by atoms with E-state index in [1.807, 2.05) is 20.8 Å². The number of hydrogen-bond donors (Lipinski definition) is 2. The van der Waals surface area contributed by atoms with Crippen LogP contribution < -0.4 is 5.73 Å². The molecule has 0 aliphatic rings. The van der Waals surface area contributed by atoms with Crippen LogP contribution in [0.5, 0.6) is 0 Å². The Balaban J connectivity index is 3.19. The Labute approximate surface area is 99.4 Å². The average molecular weight is 242 g/mol. The Morgan fingerprint density at radius 2 is 2.12 bits per heavy atom. The topological polar surface area (TPSA) is 107 Å². The van der Waals surface area contributed by atoms with E-state index in [1.165, 1.54) is 4.68 Å². The molecule has 96 valence electrons. The second-order valence-electron chi connectivity index (χ2n) is 5.12. The van der Waals surface area contributed by atoms with Gasteiger partial charge in [-0.05, 0) is 5.41 Å². The minimum Gasteiger partial charge on any atom is -0.394 e. The Hall–Kier alpha value is -1.63. The van der Waals surface area contributed by atoms with E-state index in [1.54, 1.807) is 0 Å². The molecule has 0 fully saturated rings. The molecule has 1 aromatic heterocycles. The maximum Gasteiger partial charge on any atom is 0.333 e. The van der Waals surface area contributed by atoms with E-state index in [-0.39, 0.29) is 30.1 Å². The van der Waals surface area contributed by atoms with Gasteiger partial charge in [0, 0.05) is 6.42 Å². The largest absolute Gasteiger partial charge is 0.394 e. The smallest absolute Gasteiger partial charge is 0.333 e. The lowest BCUT2D eigenvalue weighted by Crippen LogP contribution is -2.11. The van der Waals surface area contributed by atoms with Crippen LogP contribution in [0.15, 0.2) is 0 Å². The molecule has 7 heteroatoms. The highest BCUT2D eigenvalue weighted by Crippen LogP contribution is 2.31. The number of aliphatic hydroxyl groups excluding tert-OH is 1. The third kappa shape index (κ3) is 3.16. The number of nitrogens with two attached hydrogens (primary N) is 1. The number of aliphatic hydroxyl groups is 1. The standard InChI is InChI=1S/C10H18N4O3/c1-10(2,3)6-7-8(14(16)17)9(11)13(12-7)4-5-15/h15H,4-6,11H2,1-3H3. The highest BCUT2D eigenvalue weighted by Gasteiger charge is 2.28. The van der Waals surface area contributed by atoms with Crippen molar-refractivity contribution in [3.05, 3.63) is 15.8 Å². The molecule has 0 amide bonds. The zero-order valence-electron chi connectivity index (χ0n) is 10.3. The van der Waals surface area contributed by atoms with E-state index in [9.17, 15) is 10.1 Å². The van der Waals surface area contributed by atoms with Crippen molar-refractivity contribution in [2.45, 2.75) is 33.7 Å². The van der Waals surface area contributed by atoms with Crippen LogP contribution in [0.2, 0.25) is 0 Å². The van der Waals surface area contributed by atoms with Gasteiger partial charge in [-0.2, -0.15) is 5.10 Å². The quantitative estimate of drug-likeness (QED) is 0.603. The van der Waals surface area contributed by atoms with Gasteiger partial charge in [0.1, 0.15) is 5.69 Å². The summed E-state index contributed by atoms with van der Waals surface area (Å²) in [6.45, 7) is 5.92. The summed E-state index contributed by atoms with van der Waals surface area (Å²) in [5.41, 5.74) is 5.77. The fourth-order valence-corrected chi connectivity index (χ4v) is 1.60. The summed E-state index contributed by atoms with van der Waals surface area (Å²) in [6, 6.07) is 0.